The Balaban J connectivity index is 1.94. The molecule has 0 unspecified atom stereocenters. The van der Waals surface area contributed by atoms with Crippen LogP contribution in [0.1, 0.15) is 13.3 Å². The Labute approximate surface area is 160 Å². The van der Waals surface area contributed by atoms with Crippen LogP contribution in [-0.2, 0) is 14.9 Å². The van der Waals surface area contributed by atoms with Crippen LogP contribution in [0.4, 0.5) is 5.69 Å². The first-order valence-corrected chi connectivity index (χ1v) is 11.2. The minimum atomic E-state index is -4.26. The summed E-state index contributed by atoms with van der Waals surface area (Å²) in [6.07, 6.45) is 0.193. The fraction of sp³-hybridized carbons (Fsp3) is 0.333. The van der Waals surface area contributed by atoms with Gasteiger partial charge in [-0.05, 0) is 25.5 Å². The van der Waals surface area contributed by atoms with Crippen molar-refractivity contribution in [1.29, 1.82) is 0 Å². The largest absolute Gasteiger partial charge is 0.748 e. The molecule has 1 fully saturated rings. The number of benzene rings is 1. The van der Waals surface area contributed by atoms with E-state index in [4.69, 9.17) is 12.2 Å². The number of thioether (sulfide) groups is 2. The van der Waals surface area contributed by atoms with E-state index in [1.807, 2.05) is 36.1 Å². The lowest BCUT2D eigenvalue weighted by atomic mass is 10.3. The highest BCUT2D eigenvalue weighted by Gasteiger charge is 2.38. The number of rotatable bonds is 5. The average Bonchev–Trinajstić information content (AvgIpc) is 3.04. The van der Waals surface area contributed by atoms with Gasteiger partial charge in [0.15, 0.2) is 0 Å². The van der Waals surface area contributed by atoms with Crippen molar-refractivity contribution in [2.24, 2.45) is 0 Å². The van der Waals surface area contributed by atoms with Gasteiger partial charge in [0.2, 0.25) is 0 Å². The van der Waals surface area contributed by atoms with Crippen molar-refractivity contribution >= 4 is 61.8 Å². The third-order valence-corrected chi connectivity index (χ3v) is 7.28. The van der Waals surface area contributed by atoms with E-state index in [2.05, 4.69) is 0 Å². The lowest BCUT2D eigenvalue weighted by Crippen LogP contribution is -2.29. The van der Waals surface area contributed by atoms with E-state index in [1.165, 1.54) is 23.5 Å². The fourth-order valence-corrected chi connectivity index (χ4v) is 5.83. The molecule has 3 rings (SSSR count). The van der Waals surface area contributed by atoms with E-state index < -0.39 is 15.9 Å². The fourth-order valence-electron chi connectivity index (χ4n) is 2.62. The van der Waals surface area contributed by atoms with Crippen molar-refractivity contribution in [3.05, 3.63) is 34.2 Å². The maximum absolute atomic E-state index is 12.6. The van der Waals surface area contributed by atoms with Crippen molar-refractivity contribution in [2.45, 2.75) is 18.2 Å². The molecule has 0 bridgehead atoms. The molecule has 25 heavy (non-hydrogen) atoms. The number of nitrogens with zero attached hydrogens (tertiary/aromatic N) is 2. The molecule has 6 nitrogen and oxygen atoms in total. The molecule has 0 aliphatic carbocycles. The number of para-hydroxylation sites is 1. The van der Waals surface area contributed by atoms with E-state index in [9.17, 15) is 17.8 Å². The number of hydrogen-bond donors (Lipinski definition) is 0. The second kappa shape index (κ2) is 7.28. The summed E-state index contributed by atoms with van der Waals surface area (Å²) in [4.78, 5) is 17.6. The molecule has 2 heterocycles. The first-order chi connectivity index (χ1) is 11.8. The van der Waals surface area contributed by atoms with Crippen LogP contribution in [0.5, 0.6) is 0 Å². The van der Waals surface area contributed by atoms with Crippen molar-refractivity contribution in [2.75, 3.05) is 23.7 Å². The zero-order valence-corrected chi connectivity index (χ0v) is 16.6. The molecule has 0 saturated carbocycles. The maximum atomic E-state index is 12.6. The summed E-state index contributed by atoms with van der Waals surface area (Å²) < 4.78 is 33.2. The Hall–Kier alpha value is -1.07. The summed E-state index contributed by atoms with van der Waals surface area (Å²) in [6.45, 7) is 2.72. The summed E-state index contributed by atoms with van der Waals surface area (Å²) in [7, 11) is -4.26. The van der Waals surface area contributed by atoms with Crippen LogP contribution in [-0.4, -0.2) is 46.9 Å². The summed E-state index contributed by atoms with van der Waals surface area (Å²) in [6, 6.07) is 7.66. The molecular weight excluding hydrogens is 400 g/mol. The SMILES string of the molecule is CCN1C(=O)C(=C2Sc3ccccc3N2CCCS(=O)(=O)[O-])SC1=S. The van der Waals surface area contributed by atoms with Gasteiger partial charge in [-0.1, -0.05) is 47.9 Å². The van der Waals surface area contributed by atoms with E-state index in [-0.39, 0.29) is 12.3 Å². The third kappa shape index (κ3) is 3.87. The molecular formula is C15H15N2O4S4-. The molecule has 0 radical (unpaired) electrons. The Bertz CT molecular complexity index is 866. The van der Waals surface area contributed by atoms with Crippen LogP contribution in [0.3, 0.4) is 0 Å². The molecule has 1 amide bonds. The first kappa shape index (κ1) is 18.7. The maximum Gasteiger partial charge on any atom is 0.268 e. The molecule has 0 aromatic heterocycles. The van der Waals surface area contributed by atoms with Crippen molar-refractivity contribution in [1.82, 2.24) is 4.90 Å². The van der Waals surface area contributed by atoms with Crippen LogP contribution in [0.15, 0.2) is 39.1 Å². The monoisotopic (exact) mass is 415 g/mol. The number of anilines is 1. The molecule has 1 saturated heterocycles. The second-order valence-corrected chi connectivity index (χ2v) is 9.59. The van der Waals surface area contributed by atoms with Crippen LogP contribution in [0.25, 0.3) is 0 Å². The number of carbonyl (C=O) groups excluding carboxylic acids is 1. The summed E-state index contributed by atoms with van der Waals surface area (Å²) in [5, 5.41) is 0.748. The van der Waals surface area contributed by atoms with Gasteiger partial charge in [0.1, 0.15) is 14.3 Å². The predicted molar refractivity (Wildman–Crippen MR) is 103 cm³/mol. The lowest BCUT2D eigenvalue weighted by molar-refractivity contribution is -0.122. The topological polar surface area (TPSA) is 80.8 Å². The van der Waals surface area contributed by atoms with E-state index >= 15 is 0 Å². The lowest BCUT2D eigenvalue weighted by Gasteiger charge is -2.21. The number of thiocarbonyl (C=S) groups is 1. The normalized spacial score (nSPS) is 20.6. The highest BCUT2D eigenvalue weighted by atomic mass is 32.2. The van der Waals surface area contributed by atoms with Gasteiger partial charge in [-0.15, -0.1) is 0 Å². The Morgan fingerprint density at radius 2 is 1.92 bits per heavy atom. The van der Waals surface area contributed by atoms with Gasteiger partial charge in [0.25, 0.3) is 5.91 Å². The number of carbonyl (C=O) groups is 1. The molecule has 1 aromatic rings. The summed E-state index contributed by atoms with van der Waals surface area (Å²) in [5.74, 6) is -0.561. The Morgan fingerprint density at radius 3 is 2.56 bits per heavy atom. The zero-order valence-electron chi connectivity index (χ0n) is 13.3. The molecule has 10 heteroatoms. The van der Waals surface area contributed by atoms with Crippen LogP contribution < -0.4 is 4.90 Å². The number of hydrogen-bond acceptors (Lipinski definition) is 8. The van der Waals surface area contributed by atoms with Crippen molar-refractivity contribution in [3.8, 4) is 0 Å². The van der Waals surface area contributed by atoms with E-state index in [0.717, 1.165) is 15.6 Å². The second-order valence-electron chi connectivity index (χ2n) is 5.39. The van der Waals surface area contributed by atoms with Crippen LogP contribution in [0.2, 0.25) is 0 Å². The van der Waals surface area contributed by atoms with Crippen molar-refractivity contribution in [3.63, 3.8) is 0 Å². The Morgan fingerprint density at radius 1 is 1.20 bits per heavy atom. The van der Waals surface area contributed by atoms with Crippen LogP contribution in [0, 0.1) is 0 Å². The first-order valence-electron chi connectivity index (χ1n) is 7.57. The van der Waals surface area contributed by atoms with E-state index in [1.54, 1.807) is 4.90 Å². The van der Waals surface area contributed by atoms with Gasteiger partial charge in [0, 0.05) is 23.7 Å². The predicted octanol–water partition coefficient (Wildman–Crippen LogP) is 2.58. The van der Waals surface area contributed by atoms with Crippen molar-refractivity contribution < 1.29 is 17.8 Å². The summed E-state index contributed by atoms with van der Waals surface area (Å²) >= 11 is 8.01. The molecule has 0 N–H and O–H groups in total. The smallest absolute Gasteiger partial charge is 0.268 e. The molecule has 2 aliphatic heterocycles. The minimum Gasteiger partial charge on any atom is -0.748 e. The molecule has 2 aliphatic rings. The molecule has 134 valence electrons. The summed E-state index contributed by atoms with van der Waals surface area (Å²) in [5.41, 5.74) is 0.910. The highest BCUT2D eigenvalue weighted by Crippen LogP contribution is 2.50. The molecule has 0 atom stereocenters. The number of fused-ring (bicyclic) bond motifs is 1. The van der Waals surface area contributed by atoms with Gasteiger partial charge in [0.05, 0.1) is 15.8 Å². The van der Waals surface area contributed by atoms with Gasteiger partial charge < -0.3 is 9.45 Å². The van der Waals surface area contributed by atoms with Crippen LogP contribution >= 0.6 is 35.7 Å². The molecule has 1 aromatic carbocycles. The zero-order chi connectivity index (χ0) is 18.2. The highest BCUT2D eigenvalue weighted by molar-refractivity contribution is 8.27. The quantitative estimate of drug-likeness (QED) is 0.412. The minimum absolute atomic E-state index is 0.130. The van der Waals surface area contributed by atoms with Gasteiger partial charge >= 0.3 is 0 Å². The standard InChI is InChI=1S/C15H16N2O4S4/c1-2-16-13(18)12(24-15(16)22)14-17(8-5-9-25(19,20)21)10-6-3-4-7-11(10)23-14/h3-4,6-7H,2,5,8-9H2,1H3,(H,19,20,21)/p-1. The third-order valence-electron chi connectivity index (χ3n) is 3.74. The molecule has 0 spiro atoms. The van der Waals surface area contributed by atoms with E-state index in [0.29, 0.717) is 22.3 Å². The van der Waals surface area contributed by atoms with Gasteiger partial charge in [-0.2, -0.15) is 0 Å². The van der Waals surface area contributed by atoms with Gasteiger partial charge in [-0.3, -0.25) is 9.69 Å². The number of amides is 1. The number of likely N-dealkylation sites (N-methyl/N-ethyl adjacent to an activating group) is 1. The average molecular weight is 416 g/mol. The Kier molecular flexibility index (Phi) is 5.45. The van der Waals surface area contributed by atoms with Gasteiger partial charge in [-0.25, -0.2) is 8.42 Å².